The van der Waals surface area contributed by atoms with Crippen LogP contribution < -0.4 is 5.73 Å². The van der Waals surface area contributed by atoms with Crippen LogP contribution in [0.15, 0.2) is 36.8 Å². The van der Waals surface area contributed by atoms with E-state index in [0.717, 1.165) is 0 Å². The van der Waals surface area contributed by atoms with Crippen LogP contribution in [-0.2, 0) is 4.74 Å². The molecule has 52 valence electrons. The molecule has 0 rings (SSSR count). The molecule has 0 atom stereocenters. The van der Waals surface area contributed by atoms with Gasteiger partial charge in [0, 0.05) is 1.43 Å². The summed E-state index contributed by atoms with van der Waals surface area (Å²) in [6.45, 7) is 6.96. The number of ether oxygens (including phenoxy) is 1. The van der Waals surface area contributed by atoms with Crippen molar-refractivity contribution in [2.75, 3.05) is 7.11 Å². The summed E-state index contributed by atoms with van der Waals surface area (Å²) in [5.74, 6) is 0.560. The molecule has 0 aliphatic rings. The molecular formula is C7H13NO. The van der Waals surface area contributed by atoms with Crippen molar-refractivity contribution in [2.45, 2.75) is 0 Å². The lowest BCUT2D eigenvalue weighted by Crippen LogP contribution is -1.98. The molecule has 0 aromatic heterocycles. The number of nitrogens with two attached hydrogens (primary N) is 1. The van der Waals surface area contributed by atoms with Crippen LogP contribution in [0.25, 0.3) is 0 Å². The third-order valence-electron chi connectivity index (χ3n) is 0.910. The molecule has 2 N–H and O–H groups in total. The van der Waals surface area contributed by atoms with E-state index < -0.39 is 0 Å². The molecule has 0 unspecified atom stereocenters. The molecule has 0 spiro atoms. The van der Waals surface area contributed by atoms with Crippen molar-refractivity contribution in [2.24, 2.45) is 5.73 Å². The first-order valence-electron chi connectivity index (χ1n) is 2.54. The lowest BCUT2D eigenvalue weighted by atomic mass is 10.3. The maximum absolute atomic E-state index is 5.40. The van der Waals surface area contributed by atoms with Gasteiger partial charge in [-0.3, -0.25) is 0 Å². The first-order chi connectivity index (χ1) is 4.26. The Hall–Kier alpha value is -1.18. The molecule has 9 heavy (non-hydrogen) atoms. The fourth-order valence-corrected chi connectivity index (χ4v) is 0.420. The van der Waals surface area contributed by atoms with Gasteiger partial charge in [-0.2, -0.15) is 0 Å². The van der Waals surface area contributed by atoms with Gasteiger partial charge in [0.25, 0.3) is 0 Å². The summed E-state index contributed by atoms with van der Waals surface area (Å²) in [6.07, 6.45) is 3.05. The van der Waals surface area contributed by atoms with Crippen molar-refractivity contribution in [3.8, 4) is 0 Å². The molecule has 0 aliphatic carbocycles. The molecule has 0 saturated heterocycles. The monoisotopic (exact) mass is 127 g/mol. The van der Waals surface area contributed by atoms with Gasteiger partial charge in [0.15, 0.2) is 0 Å². The highest BCUT2D eigenvalue weighted by Gasteiger charge is 1.91. The zero-order valence-corrected chi connectivity index (χ0v) is 5.55. The van der Waals surface area contributed by atoms with Crippen molar-refractivity contribution in [3.63, 3.8) is 0 Å². The summed E-state index contributed by atoms with van der Waals surface area (Å²) >= 11 is 0. The van der Waals surface area contributed by atoms with E-state index in [4.69, 9.17) is 10.5 Å². The topological polar surface area (TPSA) is 35.2 Å². The van der Waals surface area contributed by atoms with Crippen LogP contribution in [0.1, 0.15) is 1.43 Å². The molecule has 0 fully saturated rings. The van der Waals surface area contributed by atoms with Gasteiger partial charge in [-0.1, -0.05) is 13.2 Å². The van der Waals surface area contributed by atoms with Crippen molar-refractivity contribution in [1.29, 1.82) is 0 Å². The molecule has 0 aromatic carbocycles. The quantitative estimate of drug-likeness (QED) is 0.459. The highest BCUT2D eigenvalue weighted by Crippen LogP contribution is 2.00. The Morgan fingerprint density at radius 3 is 2.22 bits per heavy atom. The van der Waals surface area contributed by atoms with Crippen molar-refractivity contribution < 1.29 is 6.16 Å². The standard InChI is InChI=1S/C7H11NO.H2/c1-4-6(8)7(5-2)9-3;/h4-5H,1-2,8H2,3H3;1H/b7-6-;. The van der Waals surface area contributed by atoms with Gasteiger partial charge in [-0.15, -0.1) is 0 Å². The molecule has 2 heteroatoms. The fraction of sp³-hybridized carbons (Fsp3) is 0.143. The van der Waals surface area contributed by atoms with E-state index in [2.05, 4.69) is 13.2 Å². The van der Waals surface area contributed by atoms with Crippen LogP contribution in [0, 0.1) is 0 Å². The number of hydrogen-bond acceptors (Lipinski definition) is 2. The average Bonchev–Trinajstić information content (AvgIpc) is 1.90. The van der Waals surface area contributed by atoms with E-state index in [1.54, 1.807) is 0 Å². The third kappa shape index (κ3) is 2.04. The summed E-state index contributed by atoms with van der Waals surface area (Å²) in [6, 6.07) is 0. The number of rotatable bonds is 3. The number of methoxy groups -OCH3 is 1. The number of allylic oxidation sites excluding steroid dienone is 2. The summed E-state index contributed by atoms with van der Waals surface area (Å²) in [7, 11) is 1.54. The van der Waals surface area contributed by atoms with Crippen LogP contribution in [0.3, 0.4) is 0 Å². The Morgan fingerprint density at radius 2 is 2.11 bits per heavy atom. The summed E-state index contributed by atoms with van der Waals surface area (Å²) < 4.78 is 4.82. The van der Waals surface area contributed by atoms with Crippen molar-refractivity contribution in [3.05, 3.63) is 36.8 Å². The van der Waals surface area contributed by atoms with E-state index in [-0.39, 0.29) is 1.43 Å². The van der Waals surface area contributed by atoms with Gasteiger partial charge in [-0.05, 0) is 12.2 Å². The van der Waals surface area contributed by atoms with Gasteiger partial charge < -0.3 is 10.5 Å². The lowest BCUT2D eigenvalue weighted by molar-refractivity contribution is 0.303. The normalized spacial score (nSPS) is 11.7. The van der Waals surface area contributed by atoms with Crippen LogP contribution >= 0.6 is 0 Å². The zero-order chi connectivity index (χ0) is 7.28. The van der Waals surface area contributed by atoms with Gasteiger partial charge in [0.1, 0.15) is 5.76 Å². The van der Waals surface area contributed by atoms with Crippen LogP contribution in [-0.4, -0.2) is 7.11 Å². The second-order valence-electron chi connectivity index (χ2n) is 1.43. The lowest BCUT2D eigenvalue weighted by Gasteiger charge is -2.00. The smallest absolute Gasteiger partial charge is 0.141 e. The predicted molar refractivity (Wildman–Crippen MR) is 40.7 cm³/mol. The largest absolute Gasteiger partial charge is 0.495 e. The Kier molecular flexibility index (Phi) is 3.28. The Labute approximate surface area is 56.8 Å². The van der Waals surface area contributed by atoms with Crippen LogP contribution in [0.4, 0.5) is 0 Å². The van der Waals surface area contributed by atoms with E-state index >= 15 is 0 Å². The average molecular weight is 127 g/mol. The molecule has 0 aromatic rings. The predicted octanol–water partition coefficient (Wildman–Crippen LogP) is 1.42. The highest BCUT2D eigenvalue weighted by molar-refractivity contribution is 5.23. The maximum Gasteiger partial charge on any atom is 0.141 e. The minimum Gasteiger partial charge on any atom is -0.495 e. The van der Waals surface area contributed by atoms with E-state index in [0.29, 0.717) is 11.5 Å². The third-order valence-corrected chi connectivity index (χ3v) is 0.910. The summed E-state index contributed by atoms with van der Waals surface area (Å²) in [5.41, 5.74) is 5.91. The van der Waals surface area contributed by atoms with Gasteiger partial charge in [0.2, 0.25) is 0 Å². The van der Waals surface area contributed by atoms with E-state index in [1.807, 2.05) is 0 Å². The Morgan fingerprint density at radius 1 is 1.56 bits per heavy atom. The fourth-order valence-electron chi connectivity index (χ4n) is 0.420. The number of hydrogen-bond donors (Lipinski definition) is 1. The molecule has 0 heterocycles. The molecule has 0 saturated carbocycles. The van der Waals surface area contributed by atoms with E-state index in [1.165, 1.54) is 19.3 Å². The molecule has 0 radical (unpaired) electrons. The first kappa shape index (κ1) is 7.82. The SMILES string of the molecule is C=C/C(N)=C(\C=C)OC.[HH]. The minimum atomic E-state index is 0. The van der Waals surface area contributed by atoms with Crippen LogP contribution in [0.5, 0.6) is 0 Å². The highest BCUT2D eigenvalue weighted by atomic mass is 16.5. The van der Waals surface area contributed by atoms with Crippen LogP contribution in [0.2, 0.25) is 0 Å². The first-order valence-corrected chi connectivity index (χ1v) is 2.54. The molecule has 0 bridgehead atoms. The summed E-state index contributed by atoms with van der Waals surface area (Å²) in [4.78, 5) is 0. The Balaban J connectivity index is 0. The second kappa shape index (κ2) is 3.78. The molecular weight excluding hydrogens is 114 g/mol. The molecule has 2 nitrogen and oxygen atoms in total. The van der Waals surface area contributed by atoms with Crippen molar-refractivity contribution in [1.82, 2.24) is 0 Å². The van der Waals surface area contributed by atoms with Crippen molar-refractivity contribution >= 4 is 0 Å². The molecule has 0 aliphatic heterocycles. The minimum absolute atomic E-state index is 0. The van der Waals surface area contributed by atoms with Gasteiger partial charge in [-0.25, -0.2) is 0 Å². The Bertz CT molecular complexity index is 152. The van der Waals surface area contributed by atoms with E-state index in [9.17, 15) is 0 Å². The molecule has 0 amide bonds. The second-order valence-corrected chi connectivity index (χ2v) is 1.43. The van der Waals surface area contributed by atoms with Gasteiger partial charge >= 0.3 is 0 Å². The maximum atomic E-state index is 5.40. The van der Waals surface area contributed by atoms with Gasteiger partial charge in [0.05, 0.1) is 12.8 Å². The summed E-state index contributed by atoms with van der Waals surface area (Å²) in [5, 5.41) is 0. The zero-order valence-electron chi connectivity index (χ0n) is 5.55.